The van der Waals surface area contributed by atoms with Crippen LogP contribution >= 0.6 is 0 Å². The first-order chi connectivity index (χ1) is 7.79. The van der Waals surface area contributed by atoms with Crippen molar-refractivity contribution in [1.82, 2.24) is 5.32 Å². The zero-order valence-corrected chi connectivity index (χ0v) is 9.54. The minimum absolute atomic E-state index is 0.510. The van der Waals surface area contributed by atoms with Crippen molar-refractivity contribution in [2.45, 2.75) is 31.5 Å². The van der Waals surface area contributed by atoms with Crippen LogP contribution in [0.4, 0.5) is 0 Å². The molecule has 0 aromatic carbocycles. The number of carboxylic acids is 1. The maximum absolute atomic E-state index is 11.4. The SMILES string of the molecule is COC(=O)C[C@H](NC(=O)[C@@H](N)[C@@H](C)O)C(=O)O. The number of ether oxygens (including phenoxy) is 1. The van der Waals surface area contributed by atoms with E-state index in [1.165, 1.54) is 6.92 Å². The molecule has 0 heterocycles. The molecule has 98 valence electrons. The Balaban J connectivity index is 4.50. The normalized spacial score (nSPS) is 15.5. The lowest BCUT2D eigenvalue weighted by atomic mass is 10.1. The zero-order valence-electron chi connectivity index (χ0n) is 9.54. The quantitative estimate of drug-likeness (QED) is 0.392. The summed E-state index contributed by atoms with van der Waals surface area (Å²) in [6.07, 6.45) is -1.63. The summed E-state index contributed by atoms with van der Waals surface area (Å²) in [6.45, 7) is 1.29. The Morgan fingerprint density at radius 3 is 2.29 bits per heavy atom. The summed E-state index contributed by atoms with van der Waals surface area (Å²) in [7, 11) is 1.10. The maximum Gasteiger partial charge on any atom is 0.326 e. The average Bonchev–Trinajstić information content (AvgIpc) is 2.26. The monoisotopic (exact) mass is 248 g/mol. The molecule has 5 N–H and O–H groups in total. The smallest absolute Gasteiger partial charge is 0.326 e. The number of esters is 1. The van der Waals surface area contributed by atoms with E-state index in [4.69, 9.17) is 15.9 Å². The Hall–Kier alpha value is -1.67. The van der Waals surface area contributed by atoms with E-state index in [1.807, 2.05) is 5.32 Å². The molecule has 17 heavy (non-hydrogen) atoms. The molecule has 0 aliphatic heterocycles. The van der Waals surface area contributed by atoms with Crippen LogP contribution in [0.2, 0.25) is 0 Å². The van der Waals surface area contributed by atoms with Crippen LogP contribution < -0.4 is 11.1 Å². The van der Waals surface area contributed by atoms with Crippen LogP contribution in [-0.4, -0.2) is 53.4 Å². The van der Waals surface area contributed by atoms with Crippen molar-refractivity contribution in [2.75, 3.05) is 7.11 Å². The molecular formula is C9H16N2O6. The van der Waals surface area contributed by atoms with Crippen LogP contribution in [0.3, 0.4) is 0 Å². The number of amides is 1. The fourth-order valence-electron chi connectivity index (χ4n) is 0.937. The van der Waals surface area contributed by atoms with E-state index in [-0.39, 0.29) is 0 Å². The molecule has 0 rings (SSSR count). The van der Waals surface area contributed by atoms with Gasteiger partial charge < -0.3 is 26.0 Å². The highest BCUT2D eigenvalue weighted by Gasteiger charge is 2.27. The Kier molecular flexibility index (Phi) is 6.15. The van der Waals surface area contributed by atoms with Crippen LogP contribution in [0.1, 0.15) is 13.3 Å². The summed E-state index contributed by atoms with van der Waals surface area (Å²) in [4.78, 5) is 33.0. The van der Waals surface area contributed by atoms with Crippen LogP contribution in [0, 0.1) is 0 Å². The molecule has 0 bridgehead atoms. The lowest BCUT2D eigenvalue weighted by molar-refractivity contribution is -0.149. The van der Waals surface area contributed by atoms with E-state index < -0.39 is 42.5 Å². The van der Waals surface area contributed by atoms with E-state index in [2.05, 4.69) is 4.74 Å². The van der Waals surface area contributed by atoms with Crippen molar-refractivity contribution in [3.63, 3.8) is 0 Å². The number of carboxylic acid groups (broad SMARTS) is 1. The number of aliphatic carboxylic acids is 1. The largest absolute Gasteiger partial charge is 0.480 e. The van der Waals surface area contributed by atoms with Crippen LogP contribution in [0.15, 0.2) is 0 Å². The van der Waals surface area contributed by atoms with Crippen LogP contribution in [-0.2, 0) is 19.1 Å². The van der Waals surface area contributed by atoms with Crippen molar-refractivity contribution < 1.29 is 29.3 Å². The number of nitrogens with one attached hydrogen (secondary N) is 1. The number of hydrogen-bond donors (Lipinski definition) is 4. The number of nitrogens with two attached hydrogens (primary N) is 1. The number of methoxy groups -OCH3 is 1. The van der Waals surface area contributed by atoms with E-state index >= 15 is 0 Å². The molecule has 0 spiro atoms. The number of carbonyl (C=O) groups is 3. The van der Waals surface area contributed by atoms with Gasteiger partial charge in [-0.15, -0.1) is 0 Å². The van der Waals surface area contributed by atoms with Gasteiger partial charge in [-0.1, -0.05) is 0 Å². The Morgan fingerprint density at radius 1 is 1.41 bits per heavy atom. The lowest BCUT2D eigenvalue weighted by Crippen LogP contribution is -2.52. The first-order valence-corrected chi connectivity index (χ1v) is 4.83. The van der Waals surface area contributed by atoms with E-state index in [1.54, 1.807) is 0 Å². The van der Waals surface area contributed by atoms with Gasteiger partial charge in [0.15, 0.2) is 0 Å². The molecule has 0 aromatic rings. The topological polar surface area (TPSA) is 139 Å². The Morgan fingerprint density at radius 2 is 1.94 bits per heavy atom. The molecule has 0 unspecified atom stereocenters. The molecule has 0 saturated heterocycles. The van der Waals surface area contributed by atoms with Crippen molar-refractivity contribution in [1.29, 1.82) is 0 Å². The van der Waals surface area contributed by atoms with Gasteiger partial charge in [0.25, 0.3) is 0 Å². The first kappa shape index (κ1) is 15.3. The highest BCUT2D eigenvalue weighted by atomic mass is 16.5. The van der Waals surface area contributed by atoms with Gasteiger partial charge in [-0.3, -0.25) is 9.59 Å². The summed E-state index contributed by atoms with van der Waals surface area (Å²) in [6, 6.07) is -2.69. The molecule has 1 amide bonds. The second-order valence-electron chi connectivity index (χ2n) is 3.45. The number of hydrogen-bond acceptors (Lipinski definition) is 6. The average molecular weight is 248 g/mol. The van der Waals surface area contributed by atoms with Crippen LogP contribution in [0.5, 0.6) is 0 Å². The molecule has 0 aromatic heterocycles. The van der Waals surface area contributed by atoms with Gasteiger partial charge in [0, 0.05) is 0 Å². The predicted molar refractivity (Wildman–Crippen MR) is 55.9 cm³/mol. The van der Waals surface area contributed by atoms with E-state index in [9.17, 15) is 14.4 Å². The molecule has 3 atom stereocenters. The van der Waals surface area contributed by atoms with Crippen molar-refractivity contribution in [3.05, 3.63) is 0 Å². The third-order valence-corrected chi connectivity index (χ3v) is 2.04. The third-order valence-electron chi connectivity index (χ3n) is 2.04. The number of aliphatic hydroxyl groups excluding tert-OH is 1. The summed E-state index contributed by atoms with van der Waals surface area (Å²) >= 11 is 0. The van der Waals surface area contributed by atoms with Gasteiger partial charge in [-0.25, -0.2) is 4.79 Å². The summed E-state index contributed by atoms with van der Waals surface area (Å²) < 4.78 is 4.29. The van der Waals surface area contributed by atoms with Gasteiger partial charge in [0.1, 0.15) is 12.1 Å². The molecular weight excluding hydrogens is 232 g/mol. The van der Waals surface area contributed by atoms with E-state index in [0.29, 0.717) is 0 Å². The fraction of sp³-hybridized carbons (Fsp3) is 0.667. The van der Waals surface area contributed by atoms with Crippen molar-refractivity contribution in [3.8, 4) is 0 Å². The molecule has 0 aliphatic carbocycles. The number of aliphatic hydroxyl groups is 1. The molecule has 0 aliphatic rings. The van der Waals surface area contributed by atoms with Gasteiger partial charge in [-0.05, 0) is 6.92 Å². The van der Waals surface area contributed by atoms with Crippen LogP contribution in [0.25, 0.3) is 0 Å². The minimum atomic E-state index is -1.43. The molecule has 8 nitrogen and oxygen atoms in total. The van der Waals surface area contributed by atoms with E-state index in [0.717, 1.165) is 7.11 Å². The Bertz CT molecular complexity index is 304. The summed E-state index contributed by atoms with van der Waals surface area (Å²) in [5.74, 6) is -3.01. The van der Waals surface area contributed by atoms with Gasteiger partial charge in [-0.2, -0.15) is 0 Å². The fourth-order valence-corrected chi connectivity index (χ4v) is 0.937. The maximum atomic E-state index is 11.4. The predicted octanol–water partition coefficient (Wildman–Crippen LogP) is -2.17. The molecule has 0 radical (unpaired) electrons. The molecule has 8 heteroatoms. The second-order valence-corrected chi connectivity index (χ2v) is 3.45. The molecule has 0 fully saturated rings. The Labute approximate surface area is 97.7 Å². The number of carbonyl (C=O) groups excluding carboxylic acids is 2. The van der Waals surface area contributed by atoms with Gasteiger partial charge >= 0.3 is 11.9 Å². The van der Waals surface area contributed by atoms with Crippen molar-refractivity contribution >= 4 is 17.8 Å². The highest BCUT2D eigenvalue weighted by molar-refractivity contribution is 5.89. The lowest BCUT2D eigenvalue weighted by Gasteiger charge is -2.18. The first-order valence-electron chi connectivity index (χ1n) is 4.83. The summed E-state index contributed by atoms with van der Waals surface area (Å²) in [5, 5.41) is 19.8. The van der Waals surface area contributed by atoms with Gasteiger partial charge in [0.05, 0.1) is 19.6 Å². The second kappa shape index (κ2) is 6.81. The zero-order chi connectivity index (χ0) is 13.6. The summed E-state index contributed by atoms with van der Waals surface area (Å²) in [5.41, 5.74) is 5.30. The molecule has 0 saturated carbocycles. The standard InChI is InChI=1S/C9H16N2O6/c1-4(12)7(10)8(14)11-5(9(15)16)3-6(13)17-2/h4-5,7,12H,3,10H2,1-2H3,(H,11,14)(H,15,16)/t4-,5+,7+/m1/s1. The highest BCUT2D eigenvalue weighted by Crippen LogP contribution is 1.97. The minimum Gasteiger partial charge on any atom is -0.480 e. The van der Waals surface area contributed by atoms with Gasteiger partial charge in [0.2, 0.25) is 5.91 Å². The number of rotatable bonds is 6. The third kappa shape index (κ3) is 5.27. The van der Waals surface area contributed by atoms with Crippen molar-refractivity contribution in [2.24, 2.45) is 5.73 Å².